The predicted molar refractivity (Wildman–Crippen MR) is 147 cm³/mol. The van der Waals surface area contributed by atoms with Gasteiger partial charge in [-0.3, -0.25) is 4.79 Å². The molecule has 1 aromatic carbocycles. The summed E-state index contributed by atoms with van der Waals surface area (Å²) in [7, 11) is 2.18. The molecular weight excluding hydrogens is 456 g/mol. The number of allylic oxidation sites excluding steroid dienone is 4. The van der Waals surface area contributed by atoms with Gasteiger partial charge in [-0.25, -0.2) is 4.98 Å². The standard InChI is InChI=1S/C28H40N4O2S/c1-5-22(3)11-12-24(6-2)26-21-35-28(29-26)30-27(33)20-23-9-7-10-25(19-23)34-18-8-13-32-16-14-31(4)15-17-32/h6-7,9-12,19,21-22H,5,8,13-18,20H2,1-4H3,(H,29,30,33)/b12-11-,24-6+. The third-order valence-corrected chi connectivity index (χ3v) is 7.11. The van der Waals surface area contributed by atoms with E-state index in [-0.39, 0.29) is 12.3 Å². The first-order chi connectivity index (χ1) is 17.0. The van der Waals surface area contributed by atoms with Crippen molar-refractivity contribution in [3.05, 3.63) is 59.1 Å². The quantitative estimate of drug-likeness (QED) is 0.317. The van der Waals surface area contributed by atoms with E-state index in [9.17, 15) is 4.79 Å². The molecule has 1 aliphatic heterocycles. The molecule has 1 aliphatic rings. The molecule has 0 spiro atoms. The Morgan fingerprint density at radius 2 is 2.09 bits per heavy atom. The molecule has 1 N–H and O–H groups in total. The van der Waals surface area contributed by atoms with Gasteiger partial charge < -0.3 is 19.9 Å². The van der Waals surface area contributed by atoms with Crippen LogP contribution in [0.25, 0.3) is 5.57 Å². The first kappa shape index (κ1) is 27.1. The van der Waals surface area contributed by atoms with Crippen molar-refractivity contribution >= 4 is 27.9 Å². The second-order valence-corrected chi connectivity index (χ2v) is 10.1. The molecule has 1 fully saturated rings. The van der Waals surface area contributed by atoms with Gasteiger partial charge in [0.1, 0.15) is 5.75 Å². The Hall–Kier alpha value is -2.48. The number of thiazole rings is 1. The molecule has 35 heavy (non-hydrogen) atoms. The number of hydrogen-bond donors (Lipinski definition) is 1. The van der Waals surface area contributed by atoms with Crippen LogP contribution in [0.15, 0.2) is 47.9 Å². The Balaban J connectivity index is 1.45. The highest BCUT2D eigenvalue weighted by molar-refractivity contribution is 7.14. The molecule has 7 heteroatoms. The second-order valence-electron chi connectivity index (χ2n) is 9.25. The number of nitrogens with zero attached hydrogens (tertiary/aromatic N) is 3. The fraction of sp³-hybridized carbons (Fsp3) is 0.500. The zero-order valence-corrected chi connectivity index (χ0v) is 22.4. The van der Waals surface area contributed by atoms with Gasteiger partial charge in [-0.2, -0.15) is 0 Å². The number of hydrogen-bond acceptors (Lipinski definition) is 6. The van der Waals surface area contributed by atoms with Crippen LogP contribution in [0.2, 0.25) is 0 Å². The van der Waals surface area contributed by atoms with E-state index in [1.807, 2.05) is 36.6 Å². The summed E-state index contributed by atoms with van der Waals surface area (Å²) in [5.74, 6) is 1.27. The molecular formula is C28H40N4O2S. The van der Waals surface area contributed by atoms with E-state index in [4.69, 9.17) is 4.74 Å². The molecule has 1 aromatic heterocycles. The van der Waals surface area contributed by atoms with Crippen LogP contribution in [0, 0.1) is 5.92 Å². The van der Waals surface area contributed by atoms with Gasteiger partial charge in [0.15, 0.2) is 5.13 Å². The van der Waals surface area contributed by atoms with Crippen molar-refractivity contribution in [2.24, 2.45) is 5.92 Å². The molecule has 0 saturated carbocycles. The van der Waals surface area contributed by atoms with E-state index in [0.717, 1.165) is 68.1 Å². The largest absolute Gasteiger partial charge is 0.494 e. The monoisotopic (exact) mass is 496 g/mol. The zero-order chi connectivity index (χ0) is 25.0. The Bertz CT molecular complexity index is 992. The van der Waals surface area contributed by atoms with Crippen LogP contribution in [0.4, 0.5) is 5.13 Å². The normalized spacial score (nSPS) is 16.5. The Morgan fingerprint density at radius 1 is 1.29 bits per heavy atom. The summed E-state index contributed by atoms with van der Waals surface area (Å²) in [6.07, 6.45) is 8.77. The number of piperazine rings is 1. The number of anilines is 1. The summed E-state index contributed by atoms with van der Waals surface area (Å²) < 4.78 is 5.96. The highest BCUT2D eigenvalue weighted by atomic mass is 32.1. The van der Waals surface area contributed by atoms with Crippen LogP contribution in [0.1, 0.15) is 44.9 Å². The lowest BCUT2D eigenvalue weighted by atomic mass is 10.1. The summed E-state index contributed by atoms with van der Waals surface area (Å²) in [4.78, 5) is 22.1. The number of ether oxygens (including phenoxy) is 1. The van der Waals surface area contributed by atoms with Gasteiger partial charge in [0, 0.05) is 38.1 Å². The maximum Gasteiger partial charge on any atom is 0.230 e. The minimum Gasteiger partial charge on any atom is -0.494 e. The summed E-state index contributed by atoms with van der Waals surface area (Å²) in [6, 6.07) is 7.82. The summed E-state index contributed by atoms with van der Waals surface area (Å²) in [6.45, 7) is 12.7. The van der Waals surface area contributed by atoms with E-state index in [1.54, 1.807) is 0 Å². The van der Waals surface area contributed by atoms with Crippen molar-refractivity contribution in [3.8, 4) is 5.75 Å². The van der Waals surface area contributed by atoms with Crippen molar-refractivity contribution in [1.29, 1.82) is 0 Å². The molecule has 2 aromatic rings. The van der Waals surface area contributed by atoms with E-state index in [2.05, 4.69) is 59.2 Å². The van der Waals surface area contributed by atoms with Crippen molar-refractivity contribution in [2.45, 2.75) is 40.0 Å². The highest BCUT2D eigenvalue weighted by Crippen LogP contribution is 2.24. The maximum absolute atomic E-state index is 12.6. The number of aromatic nitrogens is 1. The van der Waals surface area contributed by atoms with Gasteiger partial charge in [-0.05, 0) is 49.6 Å². The first-order valence-corrected chi connectivity index (χ1v) is 13.6. The summed E-state index contributed by atoms with van der Waals surface area (Å²) >= 11 is 1.45. The molecule has 6 nitrogen and oxygen atoms in total. The highest BCUT2D eigenvalue weighted by Gasteiger charge is 2.13. The number of rotatable bonds is 12. The van der Waals surface area contributed by atoms with Gasteiger partial charge in [0.05, 0.1) is 18.7 Å². The zero-order valence-electron chi connectivity index (χ0n) is 21.6. The fourth-order valence-electron chi connectivity index (χ4n) is 3.84. The number of nitrogens with one attached hydrogen (secondary N) is 1. The third kappa shape index (κ3) is 9.24. The van der Waals surface area contributed by atoms with Crippen LogP contribution in [-0.2, 0) is 11.2 Å². The van der Waals surface area contributed by atoms with Crippen molar-refractivity contribution in [3.63, 3.8) is 0 Å². The van der Waals surface area contributed by atoms with E-state index >= 15 is 0 Å². The Kier molecular flexibility index (Phi) is 11.0. The van der Waals surface area contributed by atoms with E-state index < -0.39 is 0 Å². The molecule has 3 rings (SSSR count). The van der Waals surface area contributed by atoms with E-state index in [0.29, 0.717) is 17.7 Å². The molecule has 0 radical (unpaired) electrons. The van der Waals surface area contributed by atoms with Gasteiger partial charge >= 0.3 is 0 Å². The maximum atomic E-state index is 12.6. The van der Waals surface area contributed by atoms with Crippen LogP contribution in [0.5, 0.6) is 5.75 Å². The molecule has 2 heterocycles. The molecule has 1 saturated heterocycles. The molecule has 0 aliphatic carbocycles. The van der Waals surface area contributed by atoms with Gasteiger partial charge in [-0.1, -0.05) is 50.6 Å². The van der Waals surface area contributed by atoms with Crippen LogP contribution in [-0.4, -0.2) is 67.1 Å². The number of benzene rings is 1. The fourth-order valence-corrected chi connectivity index (χ4v) is 4.58. The van der Waals surface area contributed by atoms with Gasteiger partial charge in [0.25, 0.3) is 0 Å². The number of carbonyl (C=O) groups excluding carboxylic acids is 1. The topological polar surface area (TPSA) is 57.7 Å². The molecule has 1 atom stereocenters. The predicted octanol–water partition coefficient (Wildman–Crippen LogP) is 5.35. The van der Waals surface area contributed by atoms with Crippen LogP contribution < -0.4 is 10.1 Å². The smallest absolute Gasteiger partial charge is 0.230 e. The Labute approximate surface area is 214 Å². The first-order valence-electron chi connectivity index (χ1n) is 12.7. The third-order valence-electron chi connectivity index (χ3n) is 6.35. The SMILES string of the molecule is C/C=C(\C=C/C(C)CC)c1csc(NC(=O)Cc2cccc(OCCCN3CCN(C)CC3)c2)n1. The minimum absolute atomic E-state index is 0.0738. The van der Waals surface area contributed by atoms with Crippen molar-refractivity contribution in [2.75, 3.05) is 51.7 Å². The second kappa shape index (κ2) is 14.2. The molecule has 0 bridgehead atoms. The summed E-state index contributed by atoms with van der Waals surface area (Å²) in [5.41, 5.74) is 2.89. The minimum atomic E-state index is -0.0738. The number of likely N-dealkylation sites (N-methyl/N-ethyl adjacent to an activating group) is 1. The Morgan fingerprint density at radius 3 is 2.83 bits per heavy atom. The average Bonchev–Trinajstić information content (AvgIpc) is 3.31. The summed E-state index contributed by atoms with van der Waals surface area (Å²) in [5, 5.41) is 5.56. The molecule has 1 unspecified atom stereocenters. The van der Waals surface area contributed by atoms with Crippen LogP contribution >= 0.6 is 11.3 Å². The molecule has 1 amide bonds. The molecule has 190 valence electrons. The lowest BCUT2D eigenvalue weighted by Crippen LogP contribution is -2.44. The van der Waals surface area contributed by atoms with Gasteiger partial charge in [0.2, 0.25) is 5.91 Å². The van der Waals surface area contributed by atoms with Gasteiger partial charge in [-0.15, -0.1) is 11.3 Å². The number of carbonyl (C=O) groups is 1. The van der Waals surface area contributed by atoms with Crippen molar-refractivity contribution in [1.82, 2.24) is 14.8 Å². The lowest BCUT2D eigenvalue weighted by molar-refractivity contribution is -0.115. The van der Waals surface area contributed by atoms with Crippen LogP contribution in [0.3, 0.4) is 0 Å². The van der Waals surface area contributed by atoms with E-state index in [1.165, 1.54) is 11.3 Å². The average molecular weight is 497 g/mol. The number of amides is 1. The van der Waals surface area contributed by atoms with Crippen molar-refractivity contribution < 1.29 is 9.53 Å². The lowest BCUT2D eigenvalue weighted by Gasteiger charge is -2.32.